The molecular formula is C99H123F6N12O18V3-3. The average molecular weight is 2040 g/mol. The number of carbonyl (C=O) groups is 6. The molecular weight excluding hydrogens is 1910 g/mol. The number of fused-ring (bicyclic) bond motifs is 15. The van der Waals surface area contributed by atoms with Crippen molar-refractivity contribution in [1.82, 2.24) is 60.6 Å². The number of alkyl carbamates (subject to hydrolysis) is 3. The van der Waals surface area contributed by atoms with E-state index in [4.69, 9.17) is 42.6 Å². The number of alkyl halides is 6. The molecule has 747 valence electrons. The monoisotopic (exact) mass is 2030 g/mol. The van der Waals surface area contributed by atoms with Crippen LogP contribution in [-0.4, -0.2) is 213 Å². The van der Waals surface area contributed by atoms with Crippen LogP contribution in [0, 0.1) is 68.0 Å². The summed E-state index contributed by atoms with van der Waals surface area (Å²) < 4.78 is 152. The normalized spacial score (nSPS) is 31.1. The van der Waals surface area contributed by atoms with E-state index in [-0.39, 0.29) is 159 Å². The number of methoxy groups -OCH3 is 3. The van der Waals surface area contributed by atoms with Crippen molar-refractivity contribution in [2.24, 2.45) is 68.0 Å². The summed E-state index contributed by atoms with van der Waals surface area (Å²) in [6.07, 6.45) is 10.5. The van der Waals surface area contributed by atoms with E-state index in [0.29, 0.717) is 130 Å². The predicted octanol–water partition coefficient (Wildman–Crippen LogP) is 15.9. The molecule has 30 nitrogen and oxygen atoms in total. The summed E-state index contributed by atoms with van der Waals surface area (Å²) in [6.45, 7) is 22.9. The molecule has 6 saturated carbocycles. The molecule has 18 atom stereocenters. The zero-order chi connectivity index (χ0) is 97.1. The fraction of sp³-hybridized carbons (Fsp3) is 0.667. The van der Waals surface area contributed by atoms with Gasteiger partial charge in [-0.15, -0.1) is 0 Å². The quantitative estimate of drug-likeness (QED) is 0.0792. The van der Waals surface area contributed by atoms with Gasteiger partial charge >= 0.3 is 36.0 Å². The fourth-order valence-corrected chi connectivity index (χ4v) is 21.2. The van der Waals surface area contributed by atoms with E-state index in [2.05, 4.69) is 45.9 Å². The van der Waals surface area contributed by atoms with Crippen LogP contribution in [0.15, 0.2) is 54.6 Å². The van der Waals surface area contributed by atoms with Gasteiger partial charge in [0.2, 0.25) is 35.4 Å². The first-order chi connectivity index (χ1) is 63.7. The van der Waals surface area contributed by atoms with Crippen LogP contribution >= 0.6 is 0 Å². The number of amides is 6. The zero-order valence-corrected chi connectivity index (χ0v) is 84.9. The van der Waals surface area contributed by atoms with Gasteiger partial charge in [-0.05, 0) is 198 Å². The Kier molecular flexibility index (Phi) is 30.9. The molecule has 6 amide bonds. The van der Waals surface area contributed by atoms with E-state index < -0.39 is 181 Å². The molecule has 3 saturated heterocycles. The second-order valence-electron chi connectivity index (χ2n) is 43.2. The molecule has 6 aromatic rings. The van der Waals surface area contributed by atoms with Gasteiger partial charge in [0.25, 0.3) is 0 Å². The van der Waals surface area contributed by atoms with Gasteiger partial charge in [0.15, 0.2) is 17.1 Å². The van der Waals surface area contributed by atoms with E-state index >= 15 is 26.3 Å². The Hall–Kier alpha value is -8.96. The number of aromatic nitrogens is 6. The van der Waals surface area contributed by atoms with E-state index in [0.717, 1.165) is 12.8 Å². The van der Waals surface area contributed by atoms with Crippen LogP contribution in [0.1, 0.15) is 236 Å². The number of nitrogens with zero attached hydrogens (tertiary/aromatic N) is 9. The number of nitrogens with one attached hydrogen (secondary N) is 3. The van der Waals surface area contributed by atoms with Gasteiger partial charge < -0.3 is 87.7 Å². The number of ether oxygens (including phenoxy) is 9. The third kappa shape index (κ3) is 20.9. The van der Waals surface area contributed by atoms with Crippen LogP contribution < -0.4 is 44.4 Å². The van der Waals surface area contributed by atoms with Crippen LogP contribution in [0.5, 0.6) is 34.9 Å². The topological polar surface area (TPSA) is 360 Å². The number of benzene rings is 3. The Morgan fingerprint density at radius 1 is 0.391 bits per heavy atom. The molecule has 3 radical (unpaired) electrons. The first-order valence-electron chi connectivity index (χ1n) is 47.4. The fourth-order valence-electron chi connectivity index (χ4n) is 21.2. The SMILES string of the molecule is COc1ccc2nc3c(nc2c1)O[C@H]1CN(C(=O)[C@H](C(C)(C)C)NC(=O)O[C@@H]2CCC[C@H]2CCCC2(CC2)C3(F)F)[C@H]([C-]=O)[C@@H]1C.COc1ccc2nc3c(nc2c1)O[C@H]1CN(C(=O)[C@H](C(C)(C)C)NC(=O)O[C@@H]2C[C@H]2CCCC2(CC2)C3(F)F)[C@H]([C-]=O)[C@@H]1C.COc1ccc2nc3c(nc2c1)O[C@H]1CN(C(=O)[C@H](C(C)(C)C)NC(=O)O[C@]2(C)C[C@H]2CCCC2(CC2)C3(F)F)[C@H]([C-]=O)[C@@H]1C.[V].[V].[V]. The molecule has 9 fully saturated rings. The van der Waals surface area contributed by atoms with Gasteiger partial charge in [-0.2, -0.15) is 26.3 Å². The van der Waals surface area contributed by atoms with E-state index in [9.17, 15) is 43.2 Å². The minimum atomic E-state index is -3.36. The van der Waals surface area contributed by atoms with Gasteiger partial charge in [-0.1, -0.05) is 120 Å². The molecule has 9 heterocycles. The second-order valence-corrected chi connectivity index (χ2v) is 43.2. The van der Waals surface area contributed by atoms with Crippen LogP contribution in [0.4, 0.5) is 40.7 Å². The summed E-state index contributed by atoms with van der Waals surface area (Å²) in [5.74, 6) is -12.8. The van der Waals surface area contributed by atoms with Crippen LogP contribution in [0.2, 0.25) is 0 Å². The Labute approximate surface area is 835 Å². The molecule has 6 aliphatic carbocycles. The molecule has 12 aliphatic rings. The minimum absolute atomic E-state index is 0. The van der Waals surface area contributed by atoms with Crippen LogP contribution in [-0.2, 0) is 116 Å². The third-order valence-electron chi connectivity index (χ3n) is 30.8. The van der Waals surface area contributed by atoms with Crippen LogP contribution in [0.3, 0.4) is 0 Å². The summed E-state index contributed by atoms with van der Waals surface area (Å²) in [7, 11) is 4.49. The standard InChI is InChI=1S/C34H43F2N4O6.C33H41F2N4O6.C32H39F2N4O6.3V/c1-19-24(18-41)40-17-26(19)45-29-27(37-22-12-11-21(44-5)16-23(22)38-29)34(35,36)33(14-15-33)13-7-9-20-8-6-10-25(20)46-31(43)39-28(30(40)42)32(2,3)4;1-18-23(17-40)39-16-24(18)44-27-25(36-21-10-9-20(43-6)14-22(21)37-27)33(34,35)32(12-13-32)11-7-8-19-15-31(19,5)45-29(42)38-26(28(39)41)30(2,3)4;1-17-22(16-39)38-15-24(17)43-27-25(35-20-9-8-19(42-5)14-21(20)36-27)32(33,34)31(11-12-31)10-6-7-18-13-23(18)44-29(41)37-26(28(38)40)30(2,3)4;;;/h11-12,16,19-20,24-26,28H,6-10,13-15,17H2,1-5H3,(H,39,43);9-10,14,18-19,23-24,26H,7-8,11-13,15-16H2,1-6H3,(H,38,42);8-9,14,17-18,22-24,26H,6-7,10-13,15H2,1-5H3,(H,37,41);;;/q3*-1;;;/t19-,20-,24+,25+,26-,28+;18-,19+,23+,24-,26+,31+;17-,18+,22+,23+,24-,26+;;;/m000.../s1. The van der Waals surface area contributed by atoms with E-state index in [1.165, 1.54) is 36.0 Å². The Bertz CT molecular complexity index is 5590. The van der Waals surface area contributed by atoms with Crippen LogP contribution in [0.25, 0.3) is 33.1 Å². The molecule has 3 N–H and O–H groups in total. The summed E-state index contributed by atoms with van der Waals surface area (Å²) in [5, 5.41) is 8.28. The van der Waals surface area contributed by atoms with E-state index in [1.54, 1.807) is 117 Å². The number of rotatable bonds is 6. The van der Waals surface area contributed by atoms with Gasteiger partial charge in [0, 0.05) is 96.0 Å². The molecule has 3 spiro atoms. The zero-order valence-electron chi connectivity index (χ0n) is 80.8. The molecule has 0 unspecified atom stereocenters. The van der Waals surface area contributed by atoms with Gasteiger partial charge in [0.05, 0.1) is 74.1 Å². The van der Waals surface area contributed by atoms with Crippen molar-refractivity contribution in [2.45, 2.75) is 309 Å². The van der Waals surface area contributed by atoms with Crippen molar-refractivity contribution < 1.29 is 168 Å². The maximum atomic E-state index is 16.8. The molecule has 18 rings (SSSR count). The van der Waals surface area contributed by atoms with Crippen molar-refractivity contribution in [3.8, 4) is 34.9 Å². The minimum Gasteiger partial charge on any atom is -0.540 e. The summed E-state index contributed by atoms with van der Waals surface area (Å²) >= 11 is 0. The van der Waals surface area contributed by atoms with Gasteiger partial charge in [-0.3, -0.25) is 14.4 Å². The summed E-state index contributed by atoms with van der Waals surface area (Å²) in [5.41, 5.74) is -6.63. The van der Waals surface area contributed by atoms with Gasteiger partial charge in [0.1, 0.15) is 71.5 Å². The summed E-state index contributed by atoms with van der Waals surface area (Å²) in [4.78, 5) is 149. The first kappa shape index (κ1) is 106. The average Bonchev–Trinajstić information content (AvgIpc) is 1.61. The molecule has 3 aromatic carbocycles. The largest absolute Gasteiger partial charge is 0.540 e. The Morgan fingerprint density at radius 3 is 1.02 bits per heavy atom. The number of hydrogen-bond donors (Lipinski definition) is 3. The second kappa shape index (κ2) is 40.1. The smallest absolute Gasteiger partial charge is 0.408 e. The van der Waals surface area contributed by atoms with Crippen molar-refractivity contribution >= 4 is 88.0 Å². The van der Waals surface area contributed by atoms with Crippen molar-refractivity contribution in [2.75, 3.05) is 41.0 Å². The summed E-state index contributed by atoms with van der Waals surface area (Å²) in [6, 6.07) is 8.34. The van der Waals surface area contributed by atoms with Crippen molar-refractivity contribution in [1.29, 1.82) is 0 Å². The maximum Gasteiger partial charge on any atom is 0.408 e. The number of halogens is 6. The Morgan fingerprint density at radius 2 is 0.703 bits per heavy atom. The van der Waals surface area contributed by atoms with E-state index in [1.807, 2.05) is 46.6 Å². The molecule has 6 bridgehead atoms. The van der Waals surface area contributed by atoms with Crippen molar-refractivity contribution in [3.05, 3.63) is 71.7 Å². The number of hydrogen-bond acceptors (Lipinski definition) is 24. The predicted molar refractivity (Wildman–Crippen MR) is 479 cm³/mol. The van der Waals surface area contributed by atoms with Gasteiger partial charge in [-0.25, -0.2) is 63.1 Å². The molecule has 3 aromatic heterocycles. The molecule has 138 heavy (non-hydrogen) atoms. The third-order valence-corrected chi connectivity index (χ3v) is 30.8. The first-order valence-corrected chi connectivity index (χ1v) is 47.4. The Balaban J connectivity index is 0.000000173. The number of carbonyl (C=O) groups excluding carboxylic acids is 9. The maximum absolute atomic E-state index is 16.8. The molecule has 39 heteroatoms. The molecule has 6 aliphatic heterocycles. The van der Waals surface area contributed by atoms with Crippen molar-refractivity contribution in [3.63, 3.8) is 0 Å².